The molecule has 0 aromatic heterocycles. The topological polar surface area (TPSA) is 72.2 Å². The zero-order chi connectivity index (χ0) is 12.8. The van der Waals surface area contributed by atoms with Gasteiger partial charge in [0.25, 0.3) is 5.91 Å². The number of rotatable bonds is 5. The Morgan fingerprint density at radius 1 is 1.24 bits per heavy atom. The SMILES string of the molecule is CC(C)c1ccc(C(=O)C(=O)NCCN)cc1. The average Bonchev–Trinajstić information content (AvgIpc) is 2.35. The highest BCUT2D eigenvalue weighted by molar-refractivity contribution is 6.42. The van der Waals surface area contributed by atoms with Gasteiger partial charge in [0.05, 0.1) is 0 Å². The molecular weight excluding hydrogens is 216 g/mol. The van der Waals surface area contributed by atoms with Crippen molar-refractivity contribution in [1.82, 2.24) is 5.32 Å². The fourth-order valence-electron chi connectivity index (χ4n) is 1.42. The van der Waals surface area contributed by atoms with Crippen molar-refractivity contribution in [2.24, 2.45) is 5.73 Å². The molecule has 1 aromatic carbocycles. The van der Waals surface area contributed by atoms with E-state index in [0.717, 1.165) is 5.56 Å². The summed E-state index contributed by atoms with van der Waals surface area (Å²) < 4.78 is 0. The molecule has 0 spiro atoms. The van der Waals surface area contributed by atoms with Crippen molar-refractivity contribution in [1.29, 1.82) is 0 Å². The molecule has 0 radical (unpaired) electrons. The number of nitrogens with two attached hydrogens (primary N) is 1. The Bertz CT molecular complexity index is 396. The second-order valence-electron chi connectivity index (χ2n) is 4.15. The zero-order valence-electron chi connectivity index (χ0n) is 10.2. The molecule has 0 aliphatic heterocycles. The number of Topliss-reactive ketones (excluding diaryl/α,β-unsaturated/α-hetero) is 1. The standard InChI is InChI=1S/C13H18N2O2/c1-9(2)10-3-5-11(6-4-10)12(16)13(17)15-8-7-14/h3-6,9H,7-8,14H2,1-2H3,(H,15,17). The maximum atomic E-state index is 11.7. The highest BCUT2D eigenvalue weighted by atomic mass is 16.2. The van der Waals surface area contributed by atoms with E-state index in [2.05, 4.69) is 19.2 Å². The number of ketones is 1. The lowest BCUT2D eigenvalue weighted by molar-refractivity contribution is -0.116. The quantitative estimate of drug-likeness (QED) is 0.591. The van der Waals surface area contributed by atoms with Crippen LogP contribution in [-0.4, -0.2) is 24.8 Å². The number of nitrogens with one attached hydrogen (secondary N) is 1. The van der Waals surface area contributed by atoms with E-state index in [1.165, 1.54) is 0 Å². The summed E-state index contributed by atoms with van der Waals surface area (Å²) in [6, 6.07) is 7.10. The first-order chi connectivity index (χ1) is 8.06. The van der Waals surface area contributed by atoms with Gasteiger partial charge < -0.3 is 11.1 Å². The molecule has 1 amide bonds. The molecule has 4 nitrogen and oxygen atoms in total. The molecule has 0 saturated carbocycles. The fourth-order valence-corrected chi connectivity index (χ4v) is 1.42. The van der Waals surface area contributed by atoms with Gasteiger partial charge in [0.2, 0.25) is 5.78 Å². The smallest absolute Gasteiger partial charge is 0.292 e. The van der Waals surface area contributed by atoms with Crippen LogP contribution in [0.25, 0.3) is 0 Å². The summed E-state index contributed by atoms with van der Waals surface area (Å²) in [5, 5.41) is 2.45. The number of hydrogen-bond acceptors (Lipinski definition) is 3. The van der Waals surface area contributed by atoms with Crippen molar-refractivity contribution < 1.29 is 9.59 Å². The van der Waals surface area contributed by atoms with Gasteiger partial charge in [0.1, 0.15) is 0 Å². The molecule has 3 N–H and O–H groups in total. The molecule has 0 fully saturated rings. The van der Waals surface area contributed by atoms with Crippen LogP contribution in [0.4, 0.5) is 0 Å². The highest BCUT2D eigenvalue weighted by Gasteiger charge is 2.15. The minimum Gasteiger partial charge on any atom is -0.348 e. The van der Waals surface area contributed by atoms with Crippen LogP contribution in [0.1, 0.15) is 35.7 Å². The zero-order valence-corrected chi connectivity index (χ0v) is 10.2. The first kappa shape index (κ1) is 13.4. The van der Waals surface area contributed by atoms with Crippen molar-refractivity contribution in [3.63, 3.8) is 0 Å². The molecule has 4 heteroatoms. The van der Waals surface area contributed by atoms with Gasteiger partial charge in [-0.1, -0.05) is 38.1 Å². The summed E-state index contributed by atoms with van der Waals surface area (Å²) in [7, 11) is 0. The Morgan fingerprint density at radius 2 is 1.82 bits per heavy atom. The summed E-state index contributed by atoms with van der Waals surface area (Å²) >= 11 is 0. The number of carbonyl (C=O) groups is 2. The Balaban J connectivity index is 2.72. The highest BCUT2D eigenvalue weighted by Crippen LogP contribution is 2.14. The van der Waals surface area contributed by atoms with Crippen molar-refractivity contribution in [3.8, 4) is 0 Å². The maximum absolute atomic E-state index is 11.7. The molecule has 17 heavy (non-hydrogen) atoms. The first-order valence-corrected chi connectivity index (χ1v) is 5.68. The summed E-state index contributed by atoms with van der Waals surface area (Å²) in [6.45, 7) is 4.79. The van der Waals surface area contributed by atoms with Crippen molar-refractivity contribution in [2.75, 3.05) is 13.1 Å². The van der Waals surface area contributed by atoms with Gasteiger partial charge in [-0.25, -0.2) is 0 Å². The molecule has 0 heterocycles. The monoisotopic (exact) mass is 234 g/mol. The summed E-state index contributed by atoms with van der Waals surface area (Å²) in [5.41, 5.74) is 6.79. The van der Waals surface area contributed by atoms with E-state index in [1.807, 2.05) is 12.1 Å². The van der Waals surface area contributed by atoms with Gasteiger partial charge in [0.15, 0.2) is 0 Å². The molecule has 0 bridgehead atoms. The van der Waals surface area contributed by atoms with Crippen molar-refractivity contribution >= 4 is 11.7 Å². The van der Waals surface area contributed by atoms with E-state index in [0.29, 0.717) is 24.6 Å². The van der Waals surface area contributed by atoms with Crippen LogP contribution < -0.4 is 11.1 Å². The van der Waals surface area contributed by atoms with Crippen LogP contribution in [-0.2, 0) is 4.79 Å². The summed E-state index contributed by atoms with van der Waals surface area (Å²) in [4.78, 5) is 23.1. The van der Waals surface area contributed by atoms with Crippen LogP contribution >= 0.6 is 0 Å². The Hall–Kier alpha value is -1.68. The van der Waals surface area contributed by atoms with Crippen LogP contribution in [0.2, 0.25) is 0 Å². The number of hydrogen-bond donors (Lipinski definition) is 2. The molecule has 0 saturated heterocycles. The second kappa shape index (κ2) is 6.15. The van der Waals surface area contributed by atoms with E-state index in [9.17, 15) is 9.59 Å². The van der Waals surface area contributed by atoms with Crippen molar-refractivity contribution in [3.05, 3.63) is 35.4 Å². The van der Waals surface area contributed by atoms with Gasteiger partial charge in [-0.05, 0) is 11.5 Å². The molecular formula is C13H18N2O2. The third-order valence-corrected chi connectivity index (χ3v) is 2.48. The lowest BCUT2D eigenvalue weighted by atomic mass is 10.0. The molecule has 1 aromatic rings. The molecule has 0 aliphatic carbocycles. The van der Waals surface area contributed by atoms with E-state index in [4.69, 9.17) is 5.73 Å². The van der Waals surface area contributed by atoms with Crippen LogP contribution in [0.15, 0.2) is 24.3 Å². The minimum absolute atomic E-state index is 0.314. The van der Waals surface area contributed by atoms with Crippen LogP contribution in [0.3, 0.4) is 0 Å². The maximum Gasteiger partial charge on any atom is 0.292 e. The predicted molar refractivity (Wildman–Crippen MR) is 66.9 cm³/mol. The number of amides is 1. The van der Waals surface area contributed by atoms with E-state index >= 15 is 0 Å². The number of carbonyl (C=O) groups excluding carboxylic acids is 2. The lowest BCUT2D eigenvalue weighted by Crippen LogP contribution is -2.34. The number of benzene rings is 1. The van der Waals surface area contributed by atoms with Gasteiger partial charge in [-0.3, -0.25) is 9.59 Å². The van der Waals surface area contributed by atoms with Gasteiger partial charge >= 0.3 is 0 Å². The van der Waals surface area contributed by atoms with Crippen LogP contribution in [0.5, 0.6) is 0 Å². The van der Waals surface area contributed by atoms with Crippen molar-refractivity contribution in [2.45, 2.75) is 19.8 Å². The lowest BCUT2D eigenvalue weighted by Gasteiger charge is -2.06. The third kappa shape index (κ3) is 3.67. The molecule has 0 atom stereocenters. The summed E-state index contributed by atoms with van der Waals surface area (Å²) in [6.07, 6.45) is 0. The average molecular weight is 234 g/mol. The first-order valence-electron chi connectivity index (χ1n) is 5.68. The minimum atomic E-state index is -0.604. The van der Waals surface area contributed by atoms with Gasteiger partial charge in [-0.2, -0.15) is 0 Å². The third-order valence-electron chi connectivity index (χ3n) is 2.48. The normalized spacial score (nSPS) is 10.4. The van der Waals surface area contributed by atoms with Gasteiger partial charge in [0, 0.05) is 18.7 Å². The Morgan fingerprint density at radius 3 is 2.29 bits per heavy atom. The molecule has 0 unspecified atom stereocenters. The van der Waals surface area contributed by atoms with E-state index < -0.39 is 11.7 Å². The largest absolute Gasteiger partial charge is 0.348 e. The second-order valence-corrected chi connectivity index (χ2v) is 4.15. The Kier molecular flexibility index (Phi) is 4.84. The summed E-state index contributed by atoms with van der Waals surface area (Å²) in [5.74, 6) is -0.716. The van der Waals surface area contributed by atoms with E-state index in [1.54, 1.807) is 12.1 Å². The fraction of sp³-hybridized carbons (Fsp3) is 0.385. The molecule has 0 aliphatic rings. The van der Waals surface area contributed by atoms with E-state index in [-0.39, 0.29) is 0 Å². The van der Waals surface area contributed by atoms with Crippen LogP contribution in [0, 0.1) is 0 Å². The molecule has 92 valence electrons. The molecule has 1 rings (SSSR count). The Labute approximate surface area is 101 Å². The van der Waals surface area contributed by atoms with Gasteiger partial charge in [-0.15, -0.1) is 0 Å². The predicted octanol–water partition coefficient (Wildman–Crippen LogP) is 1.07.